The van der Waals surface area contributed by atoms with Gasteiger partial charge in [-0.2, -0.15) is 0 Å². The van der Waals surface area contributed by atoms with Crippen LogP contribution < -0.4 is 0 Å². The molecular weight excluding hydrogens is 414 g/mol. The van der Waals surface area contributed by atoms with E-state index in [-0.39, 0.29) is 23.2 Å². The summed E-state index contributed by atoms with van der Waals surface area (Å²) in [6, 6.07) is 16.5. The van der Waals surface area contributed by atoms with Gasteiger partial charge in [-0.3, -0.25) is 19.3 Å². The fourth-order valence-corrected chi connectivity index (χ4v) is 3.71. The lowest BCUT2D eigenvalue weighted by molar-refractivity contribution is 0.0642. The number of hydrogen-bond acceptors (Lipinski definition) is 3. The molecule has 0 bridgehead atoms. The minimum absolute atomic E-state index is 0.142. The third kappa shape index (κ3) is 3.77. The van der Waals surface area contributed by atoms with Gasteiger partial charge in [0.05, 0.1) is 23.7 Å². The van der Waals surface area contributed by atoms with Crippen LogP contribution in [-0.2, 0) is 6.54 Å². The SMILES string of the molecule is CC(c1ccc(F)c(F)c1)N(C)C(=O)c1ccc2c(c1)C(=O)N(Cc1ccccc1)C2=O. The highest BCUT2D eigenvalue weighted by Crippen LogP contribution is 2.28. The normalized spacial score (nSPS) is 13.8. The van der Waals surface area contributed by atoms with E-state index in [2.05, 4.69) is 0 Å². The molecule has 1 unspecified atom stereocenters. The summed E-state index contributed by atoms with van der Waals surface area (Å²) in [5.74, 6) is -3.23. The standard InChI is InChI=1S/C25H20F2N2O3/c1-15(17-9-11-21(26)22(27)13-17)28(2)23(30)18-8-10-19-20(12-18)25(32)29(24(19)31)14-16-6-4-3-5-7-16/h3-13,15H,14H2,1-2H3. The van der Waals surface area contributed by atoms with Gasteiger partial charge in [0.1, 0.15) is 0 Å². The van der Waals surface area contributed by atoms with E-state index in [1.807, 2.05) is 30.3 Å². The molecule has 0 saturated heterocycles. The number of imide groups is 1. The number of carbonyl (C=O) groups is 3. The lowest BCUT2D eigenvalue weighted by atomic mass is 10.0. The number of halogens is 2. The smallest absolute Gasteiger partial charge is 0.261 e. The fraction of sp³-hybridized carbons (Fsp3) is 0.160. The quantitative estimate of drug-likeness (QED) is 0.552. The Morgan fingerprint density at radius 1 is 0.906 bits per heavy atom. The molecule has 32 heavy (non-hydrogen) atoms. The van der Waals surface area contributed by atoms with Gasteiger partial charge in [-0.05, 0) is 48.4 Å². The molecule has 1 heterocycles. The molecule has 0 fully saturated rings. The van der Waals surface area contributed by atoms with E-state index < -0.39 is 35.4 Å². The van der Waals surface area contributed by atoms with Gasteiger partial charge >= 0.3 is 0 Å². The molecule has 0 spiro atoms. The van der Waals surface area contributed by atoms with Crippen molar-refractivity contribution in [3.8, 4) is 0 Å². The molecule has 7 heteroatoms. The summed E-state index contributed by atoms with van der Waals surface area (Å²) in [5, 5.41) is 0. The average Bonchev–Trinajstić information content (AvgIpc) is 3.04. The lowest BCUT2D eigenvalue weighted by Gasteiger charge is -2.25. The molecule has 3 amide bonds. The zero-order valence-electron chi connectivity index (χ0n) is 17.5. The predicted molar refractivity (Wildman–Crippen MR) is 114 cm³/mol. The highest BCUT2D eigenvalue weighted by Gasteiger charge is 2.36. The highest BCUT2D eigenvalue weighted by atomic mass is 19.2. The van der Waals surface area contributed by atoms with Crippen molar-refractivity contribution in [3.05, 3.63) is 106 Å². The van der Waals surface area contributed by atoms with E-state index in [4.69, 9.17) is 0 Å². The largest absolute Gasteiger partial charge is 0.335 e. The van der Waals surface area contributed by atoms with Crippen molar-refractivity contribution in [2.75, 3.05) is 7.05 Å². The first kappa shape index (κ1) is 21.4. The van der Waals surface area contributed by atoms with Crippen molar-refractivity contribution in [2.24, 2.45) is 0 Å². The van der Waals surface area contributed by atoms with E-state index in [1.165, 1.54) is 36.2 Å². The second-order valence-electron chi connectivity index (χ2n) is 7.71. The number of fused-ring (bicyclic) bond motifs is 1. The Bertz CT molecular complexity index is 1230. The fourth-order valence-electron chi connectivity index (χ4n) is 3.71. The second kappa shape index (κ2) is 8.34. The molecule has 162 valence electrons. The summed E-state index contributed by atoms with van der Waals surface area (Å²) in [7, 11) is 1.54. The third-order valence-corrected chi connectivity index (χ3v) is 5.73. The molecule has 3 aromatic carbocycles. The maximum atomic E-state index is 13.6. The van der Waals surface area contributed by atoms with Crippen molar-refractivity contribution in [1.82, 2.24) is 9.80 Å². The van der Waals surface area contributed by atoms with Crippen LogP contribution in [0.3, 0.4) is 0 Å². The van der Waals surface area contributed by atoms with Gasteiger partial charge in [-0.15, -0.1) is 0 Å². The first-order chi connectivity index (χ1) is 15.3. The zero-order chi connectivity index (χ0) is 23.0. The Morgan fingerprint density at radius 2 is 1.59 bits per heavy atom. The number of carbonyl (C=O) groups excluding carboxylic acids is 3. The first-order valence-electron chi connectivity index (χ1n) is 10.0. The molecule has 0 aliphatic carbocycles. The number of rotatable bonds is 5. The van der Waals surface area contributed by atoms with E-state index in [9.17, 15) is 23.2 Å². The Labute approximate surface area is 183 Å². The van der Waals surface area contributed by atoms with Crippen molar-refractivity contribution in [2.45, 2.75) is 19.5 Å². The topological polar surface area (TPSA) is 57.7 Å². The molecule has 1 aliphatic rings. The molecular formula is C25H20F2N2O3. The van der Waals surface area contributed by atoms with Crippen molar-refractivity contribution >= 4 is 17.7 Å². The Hall–Kier alpha value is -3.87. The third-order valence-electron chi connectivity index (χ3n) is 5.73. The minimum Gasteiger partial charge on any atom is -0.335 e. The average molecular weight is 434 g/mol. The van der Waals surface area contributed by atoms with Crippen molar-refractivity contribution in [3.63, 3.8) is 0 Å². The Morgan fingerprint density at radius 3 is 2.28 bits per heavy atom. The molecule has 0 aromatic heterocycles. The van der Waals surface area contributed by atoms with Crippen LogP contribution in [0.1, 0.15) is 55.2 Å². The molecule has 1 atom stereocenters. The molecule has 5 nitrogen and oxygen atoms in total. The summed E-state index contributed by atoms with van der Waals surface area (Å²) in [6.07, 6.45) is 0. The second-order valence-corrected chi connectivity index (χ2v) is 7.71. The van der Waals surface area contributed by atoms with Gasteiger partial charge < -0.3 is 4.90 Å². The zero-order valence-corrected chi connectivity index (χ0v) is 17.5. The van der Waals surface area contributed by atoms with E-state index >= 15 is 0 Å². The number of nitrogens with zero attached hydrogens (tertiary/aromatic N) is 2. The number of amides is 3. The monoisotopic (exact) mass is 434 g/mol. The maximum Gasteiger partial charge on any atom is 0.261 e. The van der Waals surface area contributed by atoms with Crippen LogP contribution in [0.15, 0.2) is 66.7 Å². The molecule has 4 rings (SSSR count). The number of hydrogen-bond donors (Lipinski definition) is 0. The van der Waals surface area contributed by atoms with E-state index in [0.717, 1.165) is 22.6 Å². The van der Waals surface area contributed by atoms with Crippen LogP contribution in [0.4, 0.5) is 8.78 Å². The van der Waals surface area contributed by atoms with Gasteiger partial charge in [0, 0.05) is 12.6 Å². The van der Waals surface area contributed by atoms with Gasteiger partial charge in [-0.1, -0.05) is 36.4 Å². The Balaban J connectivity index is 1.57. The van der Waals surface area contributed by atoms with Crippen LogP contribution in [0.5, 0.6) is 0 Å². The predicted octanol–water partition coefficient (Wildman–Crippen LogP) is 4.59. The van der Waals surface area contributed by atoms with Gasteiger partial charge in [0.2, 0.25) is 0 Å². The molecule has 1 aliphatic heterocycles. The van der Waals surface area contributed by atoms with Crippen molar-refractivity contribution < 1.29 is 23.2 Å². The van der Waals surface area contributed by atoms with E-state index in [0.29, 0.717) is 5.56 Å². The van der Waals surface area contributed by atoms with E-state index in [1.54, 1.807) is 6.92 Å². The molecule has 3 aromatic rings. The van der Waals surface area contributed by atoms with Gasteiger partial charge in [-0.25, -0.2) is 8.78 Å². The van der Waals surface area contributed by atoms with Crippen LogP contribution in [0.2, 0.25) is 0 Å². The summed E-state index contributed by atoms with van der Waals surface area (Å²) in [6.45, 7) is 1.83. The molecule has 0 saturated carbocycles. The lowest BCUT2D eigenvalue weighted by Crippen LogP contribution is -2.30. The Kier molecular flexibility index (Phi) is 5.57. The first-order valence-corrected chi connectivity index (χ1v) is 10.0. The van der Waals surface area contributed by atoms with Crippen LogP contribution in [0, 0.1) is 11.6 Å². The molecule has 0 radical (unpaired) electrons. The summed E-state index contributed by atoms with van der Waals surface area (Å²) < 4.78 is 26.8. The minimum atomic E-state index is -0.990. The van der Waals surface area contributed by atoms with Gasteiger partial charge in [0.25, 0.3) is 17.7 Å². The number of benzene rings is 3. The highest BCUT2D eigenvalue weighted by molar-refractivity contribution is 6.22. The van der Waals surface area contributed by atoms with Gasteiger partial charge in [0.15, 0.2) is 11.6 Å². The molecule has 0 N–H and O–H groups in total. The maximum absolute atomic E-state index is 13.6. The van der Waals surface area contributed by atoms with Crippen molar-refractivity contribution in [1.29, 1.82) is 0 Å². The summed E-state index contributed by atoms with van der Waals surface area (Å²) >= 11 is 0. The van der Waals surface area contributed by atoms with Crippen LogP contribution in [-0.4, -0.2) is 34.6 Å². The summed E-state index contributed by atoms with van der Waals surface area (Å²) in [5.41, 5.74) is 1.90. The van der Waals surface area contributed by atoms with Crippen LogP contribution in [0.25, 0.3) is 0 Å². The summed E-state index contributed by atoms with van der Waals surface area (Å²) in [4.78, 5) is 41.2. The van der Waals surface area contributed by atoms with Crippen LogP contribution >= 0.6 is 0 Å².